The number of nitrogens with zero attached hydrogens (tertiary/aromatic N) is 1. The highest BCUT2D eigenvalue weighted by Gasteiger charge is 2.17. The van der Waals surface area contributed by atoms with E-state index in [0.717, 1.165) is 37.6 Å². The highest BCUT2D eigenvalue weighted by atomic mass is 16.5. The van der Waals surface area contributed by atoms with Crippen molar-refractivity contribution in [1.29, 1.82) is 0 Å². The number of hydrogen-bond donors (Lipinski definition) is 1. The maximum absolute atomic E-state index is 12.3. The Morgan fingerprint density at radius 1 is 1.23 bits per heavy atom. The fourth-order valence-electron chi connectivity index (χ4n) is 3.98. The lowest BCUT2D eigenvalue weighted by Crippen LogP contribution is -2.39. The van der Waals surface area contributed by atoms with Crippen LogP contribution in [-0.2, 0) is 17.6 Å². The van der Waals surface area contributed by atoms with Crippen molar-refractivity contribution in [2.45, 2.75) is 64.9 Å². The van der Waals surface area contributed by atoms with Gasteiger partial charge in [-0.1, -0.05) is 13.0 Å². The van der Waals surface area contributed by atoms with Crippen molar-refractivity contribution in [3.8, 4) is 5.75 Å². The second-order valence-corrected chi connectivity index (χ2v) is 8.07. The van der Waals surface area contributed by atoms with Crippen LogP contribution in [0.5, 0.6) is 5.75 Å². The summed E-state index contributed by atoms with van der Waals surface area (Å²) in [5, 5.41) is 3.02. The molecule has 144 valence electrons. The number of benzene rings is 1. The predicted molar refractivity (Wildman–Crippen MR) is 106 cm³/mol. The van der Waals surface area contributed by atoms with Crippen LogP contribution in [0.4, 0.5) is 0 Å². The number of fused-ring (bicyclic) bond motifs is 1. The van der Waals surface area contributed by atoms with Crippen molar-refractivity contribution in [3.05, 3.63) is 29.3 Å². The van der Waals surface area contributed by atoms with Gasteiger partial charge in [-0.2, -0.15) is 0 Å². The molecule has 1 aliphatic carbocycles. The lowest BCUT2D eigenvalue weighted by Gasteiger charge is -2.30. The van der Waals surface area contributed by atoms with E-state index in [9.17, 15) is 4.79 Å². The number of hydrogen-bond acceptors (Lipinski definition) is 3. The summed E-state index contributed by atoms with van der Waals surface area (Å²) in [6.07, 6.45) is 7.99. The molecule has 1 atom stereocenters. The lowest BCUT2D eigenvalue weighted by atomic mass is 9.92. The van der Waals surface area contributed by atoms with Gasteiger partial charge in [-0.25, -0.2) is 0 Å². The Morgan fingerprint density at radius 3 is 2.73 bits per heavy atom. The number of aryl methyl sites for hydroxylation is 2. The van der Waals surface area contributed by atoms with Crippen molar-refractivity contribution in [2.24, 2.45) is 5.92 Å². The van der Waals surface area contributed by atoms with E-state index >= 15 is 0 Å². The summed E-state index contributed by atoms with van der Waals surface area (Å²) >= 11 is 0. The van der Waals surface area contributed by atoms with E-state index < -0.39 is 6.10 Å². The highest BCUT2D eigenvalue weighted by Crippen LogP contribution is 2.25. The summed E-state index contributed by atoms with van der Waals surface area (Å²) in [5.74, 6) is 1.67. The molecule has 0 saturated carbocycles. The molecule has 1 amide bonds. The van der Waals surface area contributed by atoms with E-state index in [1.54, 1.807) is 0 Å². The van der Waals surface area contributed by atoms with Gasteiger partial charge in [-0.05, 0) is 101 Å². The molecular weight excluding hydrogens is 324 g/mol. The van der Waals surface area contributed by atoms with E-state index in [-0.39, 0.29) is 5.91 Å². The third-order valence-electron chi connectivity index (χ3n) is 5.83. The smallest absolute Gasteiger partial charge is 0.260 e. The first-order chi connectivity index (χ1) is 12.6. The fraction of sp³-hybridized carbons (Fsp3) is 0.682. The second kappa shape index (κ2) is 9.40. The average molecular weight is 359 g/mol. The Bertz CT molecular complexity index is 594. The summed E-state index contributed by atoms with van der Waals surface area (Å²) in [6.45, 7) is 8.37. The minimum Gasteiger partial charge on any atom is -0.481 e. The summed E-state index contributed by atoms with van der Waals surface area (Å²) in [4.78, 5) is 14.8. The number of carbonyl (C=O) groups excluding carboxylic acids is 1. The number of carbonyl (C=O) groups is 1. The lowest BCUT2D eigenvalue weighted by molar-refractivity contribution is -0.127. The van der Waals surface area contributed by atoms with Crippen molar-refractivity contribution in [3.63, 3.8) is 0 Å². The molecule has 1 aromatic carbocycles. The van der Waals surface area contributed by atoms with E-state index in [0.29, 0.717) is 0 Å². The van der Waals surface area contributed by atoms with Crippen molar-refractivity contribution < 1.29 is 9.53 Å². The van der Waals surface area contributed by atoms with Crippen molar-refractivity contribution in [2.75, 3.05) is 26.2 Å². The standard InChI is InChI=1S/C22H34N2O2/c1-17-10-14-24(15-11-17)13-5-12-23-22(25)18(2)26-21-9-8-19-6-3-4-7-20(19)16-21/h8-9,16-18H,3-7,10-15H2,1-2H3,(H,23,25). The topological polar surface area (TPSA) is 41.6 Å². The van der Waals surface area contributed by atoms with E-state index in [4.69, 9.17) is 4.74 Å². The second-order valence-electron chi connectivity index (χ2n) is 8.07. The first-order valence-corrected chi connectivity index (χ1v) is 10.4. The number of amides is 1. The molecule has 4 nitrogen and oxygen atoms in total. The zero-order chi connectivity index (χ0) is 18.4. The monoisotopic (exact) mass is 358 g/mol. The normalized spacial score (nSPS) is 19.6. The summed E-state index contributed by atoms with van der Waals surface area (Å²) in [5.41, 5.74) is 2.82. The van der Waals surface area contributed by atoms with Gasteiger partial charge in [0.15, 0.2) is 6.10 Å². The van der Waals surface area contributed by atoms with Crippen LogP contribution in [-0.4, -0.2) is 43.1 Å². The average Bonchev–Trinajstić information content (AvgIpc) is 2.66. The zero-order valence-corrected chi connectivity index (χ0v) is 16.4. The van der Waals surface area contributed by atoms with Crippen LogP contribution in [0.3, 0.4) is 0 Å². The Hall–Kier alpha value is -1.55. The molecule has 1 fully saturated rings. The molecular formula is C22H34N2O2. The number of ether oxygens (including phenoxy) is 1. The third kappa shape index (κ3) is 5.47. The number of rotatable bonds is 7. The van der Waals surface area contributed by atoms with Crippen LogP contribution in [0.2, 0.25) is 0 Å². The SMILES string of the molecule is CC1CCN(CCCNC(=O)C(C)Oc2ccc3c(c2)CCCC3)CC1. The van der Waals surface area contributed by atoms with Crippen LogP contribution in [0.1, 0.15) is 57.1 Å². The van der Waals surface area contributed by atoms with Gasteiger partial charge in [0, 0.05) is 6.54 Å². The molecule has 1 N–H and O–H groups in total. The minimum absolute atomic E-state index is 0.0185. The number of nitrogens with one attached hydrogen (secondary N) is 1. The van der Waals surface area contributed by atoms with Gasteiger partial charge in [0.2, 0.25) is 0 Å². The molecule has 0 bridgehead atoms. The molecule has 26 heavy (non-hydrogen) atoms. The van der Waals surface area contributed by atoms with Crippen LogP contribution < -0.4 is 10.1 Å². The van der Waals surface area contributed by atoms with Gasteiger partial charge in [0.05, 0.1) is 0 Å². The molecule has 1 aliphatic heterocycles. The minimum atomic E-state index is -0.451. The number of likely N-dealkylation sites (tertiary alicyclic amines) is 1. The molecule has 0 radical (unpaired) electrons. The van der Waals surface area contributed by atoms with Gasteiger partial charge in [-0.15, -0.1) is 0 Å². The van der Waals surface area contributed by atoms with Crippen LogP contribution >= 0.6 is 0 Å². The Balaban J connectivity index is 1.36. The summed E-state index contributed by atoms with van der Waals surface area (Å²) in [7, 11) is 0. The molecule has 0 aromatic heterocycles. The fourth-order valence-corrected chi connectivity index (χ4v) is 3.98. The predicted octanol–water partition coefficient (Wildman–Crippen LogP) is 3.57. The van der Waals surface area contributed by atoms with Gasteiger partial charge in [-0.3, -0.25) is 4.79 Å². The van der Waals surface area contributed by atoms with Crippen molar-refractivity contribution in [1.82, 2.24) is 10.2 Å². The van der Waals surface area contributed by atoms with Crippen molar-refractivity contribution >= 4 is 5.91 Å². The number of piperidine rings is 1. The zero-order valence-electron chi connectivity index (χ0n) is 16.4. The Kier molecular flexibility index (Phi) is 6.95. The molecule has 1 unspecified atom stereocenters. The first kappa shape index (κ1) is 19.2. The maximum Gasteiger partial charge on any atom is 0.260 e. The van der Waals surface area contributed by atoms with Gasteiger partial charge < -0.3 is 15.0 Å². The Labute approximate surface area is 158 Å². The van der Waals surface area contributed by atoms with Gasteiger partial charge >= 0.3 is 0 Å². The maximum atomic E-state index is 12.3. The van der Waals surface area contributed by atoms with Crippen LogP contribution in [0.15, 0.2) is 18.2 Å². The Morgan fingerprint density at radius 2 is 1.96 bits per heavy atom. The molecule has 1 heterocycles. The molecule has 0 spiro atoms. The van der Waals surface area contributed by atoms with E-state index in [1.165, 1.54) is 56.3 Å². The van der Waals surface area contributed by atoms with E-state index in [2.05, 4.69) is 29.3 Å². The quantitative estimate of drug-likeness (QED) is 0.758. The summed E-state index contributed by atoms with van der Waals surface area (Å²) in [6, 6.07) is 6.29. The van der Waals surface area contributed by atoms with Crippen LogP contribution in [0.25, 0.3) is 0 Å². The van der Waals surface area contributed by atoms with Gasteiger partial charge in [0.25, 0.3) is 5.91 Å². The third-order valence-corrected chi connectivity index (χ3v) is 5.83. The summed E-state index contributed by atoms with van der Waals surface area (Å²) < 4.78 is 5.88. The first-order valence-electron chi connectivity index (χ1n) is 10.4. The molecule has 1 aromatic rings. The largest absolute Gasteiger partial charge is 0.481 e. The molecule has 2 aliphatic rings. The molecule has 1 saturated heterocycles. The van der Waals surface area contributed by atoms with Crippen LogP contribution in [0, 0.1) is 5.92 Å². The van der Waals surface area contributed by atoms with Gasteiger partial charge in [0.1, 0.15) is 5.75 Å². The molecule has 4 heteroatoms. The highest BCUT2D eigenvalue weighted by molar-refractivity contribution is 5.80. The molecule has 3 rings (SSSR count). The van der Waals surface area contributed by atoms with E-state index in [1.807, 2.05) is 13.0 Å².